The van der Waals surface area contributed by atoms with Crippen LogP contribution in [0.15, 0.2) is 35.1 Å². The van der Waals surface area contributed by atoms with Gasteiger partial charge in [0.25, 0.3) is 5.91 Å². The fraction of sp³-hybridized carbons (Fsp3) is 0.312. The van der Waals surface area contributed by atoms with Crippen molar-refractivity contribution in [3.05, 3.63) is 47.7 Å². The molecule has 1 aromatic carbocycles. The van der Waals surface area contributed by atoms with E-state index in [1.165, 1.54) is 13.5 Å². The fourth-order valence-electron chi connectivity index (χ4n) is 2.31. The van der Waals surface area contributed by atoms with Gasteiger partial charge in [0.15, 0.2) is 6.39 Å². The molecule has 0 aliphatic heterocycles. The molecular weight excluding hydrogens is 300 g/mol. The lowest BCUT2D eigenvalue weighted by Gasteiger charge is -2.30. The third-order valence-electron chi connectivity index (χ3n) is 3.55. The third kappa shape index (κ3) is 3.68. The van der Waals surface area contributed by atoms with Crippen molar-refractivity contribution in [1.29, 1.82) is 0 Å². The molecule has 1 amide bonds. The van der Waals surface area contributed by atoms with E-state index >= 15 is 0 Å². The van der Waals surface area contributed by atoms with E-state index in [0.29, 0.717) is 17.0 Å². The number of carbonyl (C=O) groups excluding carboxylic acids is 1. The lowest BCUT2D eigenvalue weighted by atomic mass is 9.88. The van der Waals surface area contributed by atoms with E-state index in [2.05, 4.69) is 10.3 Å². The molecule has 2 rings (SSSR count). The summed E-state index contributed by atoms with van der Waals surface area (Å²) in [7, 11) is 1.52. The van der Waals surface area contributed by atoms with Crippen LogP contribution in [0.4, 0.5) is 0 Å². The summed E-state index contributed by atoms with van der Waals surface area (Å²) < 4.78 is 10.2. The quantitative estimate of drug-likeness (QED) is 0.846. The van der Waals surface area contributed by atoms with Crippen LogP contribution >= 0.6 is 0 Å². The number of rotatable bonds is 6. The van der Waals surface area contributed by atoms with Gasteiger partial charge < -0.3 is 19.6 Å². The van der Waals surface area contributed by atoms with Gasteiger partial charge in [-0.15, -0.1) is 0 Å². The Morgan fingerprint density at radius 3 is 2.74 bits per heavy atom. The van der Waals surface area contributed by atoms with Crippen LogP contribution in [0.3, 0.4) is 0 Å². The van der Waals surface area contributed by atoms with Gasteiger partial charge in [0.1, 0.15) is 5.75 Å². The lowest BCUT2D eigenvalue weighted by Crippen LogP contribution is -2.45. The summed E-state index contributed by atoms with van der Waals surface area (Å²) in [5.41, 5.74) is -0.0768. The lowest BCUT2D eigenvalue weighted by molar-refractivity contribution is -0.138. The number of carboxylic acids is 1. The Morgan fingerprint density at radius 2 is 2.17 bits per heavy atom. The number of carboxylic acid groups (broad SMARTS) is 1. The topological polar surface area (TPSA) is 102 Å². The van der Waals surface area contributed by atoms with Crippen LogP contribution in [-0.2, 0) is 10.3 Å². The molecule has 23 heavy (non-hydrogen) atoms. The monoisotopic (exact) mass is 318 g/mol. The summed E-state index contributed by atoms with van der Waals surface area (Å²) >= 11 is 0. The zero-order chi connectivity index (χ0) is 17.0. The van der Waals surface area contributed by atoms with Crippen molar-refractivity contribution in [2.45, 2.75) is 25.8 Å². The predicted molar refractivity (Wildman–Crippen MR) is 81.3 cm³/mol. The molecule has 0 bridgehead atoms. The Hall–Kier alpha value is -2.83. The van der Waals surface area contributed by atoms with E-state index in [1.807, 2.05) is 0 Å². The Bertz CT molecular complexity index is 725. The highest BCUT2D eigenvalue weighted by molar-refractivity contribution is 5.93. The number of aliphatic carboxylic acids is 1. The van der Waals surface area contributed by atoms with E-state index in [9.17, 15) is 14.7 Å². The number of amides is 1. The van der Waals surface area contributed by atoms with Crippen molar-refractivity contribution in [2.24, 2.45) is 0 Å². The number of aromatic nitrogens is 1. The SMILES string of the molecule is COc1cccc(C(C)(CC(=O)O)NC(=O)c2ocnc2C)c1. The van der Waals surface area contributed by atoms with Crippen LogP contribution in [0.1, 0.15) is 35.2 Å². The summed E-state index contributed by atoms with van der Waals surface area (Å²) in [6, 6.07) is 6.91. The molecule has 1 heterocycles. The van der Waals surface area contributed by atoms with Gasteiger partial charge in [-0.05, 0) is 31.5 Å². The molecule has 1 aromatic heterocycles. The van der Waals surface area contributed by atoms with Crippen LogP contribution < -0.4 is 10.1 Å². The number of aryl methyl sites for hydroxylation is 1. The molecule has 0 spiro atoms. The smallest absolute Gasteiger partial charge is 0.306 e. The molecule has 0 saturated carbocycles. The van der Waals surface area contributed by atoms with E-state index in [-0.39, 0.29) is 12.2 Å². The zero-order valence-corrected chi connectivity index (χ0v) is 13.1. The van der Waals surface area contributed by atoms with Crippen LogP contribution in [0.2, 0.25) is 0 Å². The Morgan fingerprint density at radius 1 is 1.43 bits per heavy atom. The van der Waals surface area contributed by atoms with Gasteiger partial charge in [0.05, 0.1) is 24.8 Å². The second-order valence-electron chi connectivity index (χ2n) is 5.36. The molecule has 2 aromatic rings. The van der Waals surface area contributed by atoms with Gasteiger partial charge in [-0.3, -0.25) is 9.59 Å². The number of carbonyl (C=O) groups is 2. The number of nitrogens with one attached hydrogen (secondary N) is 1. The Labute approximate surface area is 133 Å². The second kappa shape index (κ2) is 6.51. The first-order valence-electron chi connectivity index (χ1n) is 6.94. The predicted octanol–water partition coefficient (Wildman–Crippen LogP) is 2.11. The molecule has 0 saturated heterocycles. The standard InChI is InChI=1S/C16H18N2O5/c1-10-14(23-9-17-10)15(21)18-16(2,8-13(19)20)11-5-4-6-12(7-11)22-3/h4-7,9H,8H2,1-3H3,(H,18,21)(H,19,20). The molecule has 7 heteroatoms. The molecule has 122 valence electrons. The van der Waals surface area contributed by atoms with Crippen LogP contribution in [-0.4, -0.2) is 29.1 Å². The van der Waals surface area contributed by atoms with Crippen LogP contribution in [0.25, 0.3) is 0 Å². The minimum Gasteiger partial charge on any atom is -0.497 e. The molecule has 0 aliphatic rings. The maximum Gasteiger partial charge on any atom is 0.306 e. The van der Waals surface area contributed by atoms with Crippen LogP contribution in [0.5, 0.6) is 5.75 Å². The highest BCUT2D eigenvalue weighted by Gasteiger charge is 2.33. The van der Waals surface area contributed by atoms with Gasteiger partial charge in [0, 0.05) is 0 Å². The number of hydrogen-bond donors (Lipinski definition) is 2. The van der Waals surface area contributed by atoms with Gasteiger partial charge in [-0.1, -0.05) is 12.1 Å². The van der Waals surface area contributed by atoms with Crippen molar-refractivity contribution < 1.29 is 23.8 Å². The average Bonchev–Trinajstić information content (AvgIpc) is 2.92. The maximum absolute atomic E-state index is 12.4. The first-order chi connectivity index (χ1) is 10.9. The molecule has 1 unspecified atom stereocenters. The largest absolute Gasteiger partial charge is 0.497 e. The molecule has 0 fully saturated rings. The number of benzene rings is 1. The Kier molecular flexibility index (Phi) is 4.68. The molecule has 7 nitrogen and oxygen atoms in total. The van der Waals surface area contributed by atoms with Gasteiger partial charge in [-0.25, -0.2) is 4.98 Å². The van der Waals surface area contributed by atoms with Crippen LogP contribution in [0, 0.1) is 6.92 Å². The van der Waals surface area contributed by atoms with E-state index < -0.39 is 17.4 Å². The number of oxazole rings is 1. The summed E-state index contributed by atoms with van der Waals surface area (Å²) in [4.78, 5) is 27.5. The normalized spacial score (nSPS) is 13.2. The van der Waals surface area contributed by atoms with Crippen molar-refractivity contribution in [1.82, 2.24) is 10.3 Å². The number of nitrogens with zero attached hydrogens (tertiary/aromatic N) is 1. The minimum atomic E-state index is -1.13. The number of methoxy groups -OCH3 is 1. The second-order valence-corrected chi connectivity index (χ2v) is 5.36. The van der Waals surface area contributed by atoms with Gasteiger partial charge in [0.2, 0.25) is 5.76 Å². The van der Waals surface area contributed by atoms with Crippen molar-refractivity contribution in [3.63, 3.8) is 0 Å². The summed E-state index contributed by atoms with van der Waals surface area (Å²) in [6.07, 6.45) is 0.878. The molecule has 1 atom stereocenters. The van der Waals surface area contributed by atoms with Crippen molar-refractivity contribution >= 4 is 11.9 Å². The summed E-state index contributed by atoms with van der Waals surface area (Å²) in [5.74, 6) is -0.926. The van der Waals surface area contributed by atoms with E-state index in [0.717, 1.165) is 0 Å². The minimum absolute atomic E-state index is 0.0597. The molecule has 0 aliphatic carbocycles. The molecule has 2 N–H and O–H groups in total. The average molecular weight is 318 g/mol. The van der Waals surface area contributed by atoms with E-state index in [1.54, 1.807) is 38.1 Å². The van der Waals surface area contributed by atoms with Crippen molar-refractivity contribution in [2.75, 3.05) is 7.11 Å². The van der Waals surface area contributed by atoms with Crippen molar-refractivity contribution in [3.8, 4) is 5.75 Å². The summed E-state index contributed by atoms with van der Waals surface area (Å²) in [5, 5.41) is 11.9. The summed E-state index contributed by atoms with van der Waals surface area (Å²) in [6.45, 7) is 3.28. The number of hydrogen-bond acceptors (Lipinski definition) is 5. The fourth-order valence-corrected chi connectivity index (χ4v) is 2.31. The Balaban J connectivity index is 2.37. The van der Waals surface area contributed by atoms with Gasteiger partial charge >= 0.3 is 5.97 Å². The first kappa shape index (κ1) is 16.5. The highest BCUT2D eigenvalue weighted by atomic mass is 16.5. The highest BCUT2D eigenvalue weighted by Crippen LogP contribution is 2.28. The van der Waals surface area contributed by atoms with Gasteiger partial charge in [-0.2, -0.15) is 0 Å². The first-order valence-corrected chi connectivity index (χ1v) is 6.94. The van der Waals surface area contributed by atoms with E-state index in [4.69, 9.17) is 9.15 Å². The third-order valence-corrected chi connectivity index (χ3v) is 3.55. The molecule has 0 radical (unpaired) electrons. The number of ether oxygens (including phenoxy) is 1. The zero-order valence-electron chi connectivity index (χ0n) is 13.1. The maximum atomic E-state index is 12.4. The molecular formula is C16H18N2O5.